The van der Waals surface area contributed by atoms with Gasteiger partial charge in [-0.3, -0.25) is 20.4 Å². The molecule has 6 heteroatoms. The van der Waals surface area contributed by atoms with Crippen LogP contribution in [-0.2, 0) is 16.0 Å². The summed E-state index contributed by atoms with van der Waals surface area (Å²) >= 11 is 3.41. The summed E-state index contributed by atoms with van der Waals surface area (Å²) in [6, 6.07) is 15.1. The predicted octanol–water partition coefficient (Wildman–Crippen LogP) is 3.25. The summed E-state index contributed by atoms with van der Waals surface area (Å²) in [6.07, 6.45) is 3.92. The van der Waals surface area contributed by atoms with Crippen molar-refractivity contribution in [1.29, 1.82) is 0 Å². The van der Waals surface area contributed by atoms with E-state index in [2.05, 4.69) is 33.7 Å². The molecule has 2 rings (SSSR count). The number of rotatable bonds is 6. The molecule has 0 heterocycles. The van der Waals surface area contributed by atoms with Crippen LogP contribution in [0, 0.1) is 0 Å². The summed E-state index contributed by atoms with van der Waals surface area (Å²) in [5.74, 6) is -0.304. The third kappa shape index (κ3) is 6.43. The van der Waals surface area contributed by atoms with Crippen LogP contribution in [0.2, 0.25) is 0 Å². The lowest BCUT2D eigenvalue weighted by Gasteiger charge is -2.10. The average molecular weight is 403 g/mol. The van der Waals surface area contributed by atoms with Gasteiger partial charge >= 0.3 is 0 Å². The van der Waals surface area contributed by atoms with Gasteiger partial charge in [-0.1, -0.05) is 43.3 Å². The molecule has 2 amide bonds. The highest BCUT2D eigenvalue weighted by molar-refractivity contribution is 9.10. The van der Waals surface area contributed by atoms with E-state index < -0.39 is 11.8 Å². The lowest BCUT2D eigenvalue weighted by Crippen LogP contribution is -2.43. The summed E-state index contributed by atoms with van der Waals surface area (Å²) < 4.78 is 6.22. The number of hydrogen-bond donors (Lipinski definition) is 2. The Morgan fingerprint density at radius 2 is 1.88 bits per heavy atom. The monoisotopic (exact) mass is 402 g/mol. The van der Waals surface area contributed by atoms with Gasteiger partial charge < -0.3 is 4.74 Å². The average Bonchev–Trinajstić information content (AvgIpc) is 2.64. The molecule has 0 aromatic heterocycles. The molecule has 0 aliphatic carbocycles. The number of nitrogens with one attached hydrogen (secondary N) is 2. The van der Waals surface area contributed by atoms with Crippen LogP contribution < -0.4 is 15.6 Å². The van der Waals surface area contributed by atoms with Gasteiger partial charge in [-0.25, -0.2) is 0 Å². The van der Waals surface area contributed by atoms with E-state index >= 15 is 0 Å². The molecular weight excluding hydrogens is 384 g/mol. The number of carbonyl (C=O) groups excluding carboxylic acids is 2. The second-order valence-electron chi connectivity index (χ2n) is 5.19. The highest BCUT2D eigenvalue weighted by Crippen LogP contribution is 2.26. The molecule has 0 radical (unpaired) electrons. The summed E-state index contributed by atoms with van der Waals surface area (Å²) in [5, 5.41) is 0. The number of aryl methyl sites for hydroxylation is 1. The fraction of sp³-hybridized carbons (Fsp3) is 0.158. The fourth-order valence-corrected chi connectivity index (χ4v) is 2.51. The SMILES string of the molecule is CCc1ccc(OCC(=O)NNC(=O)/C=C/c2ccccc2)c(Br)c1. The van der Waals surface area contributed by atoms with Crippen molar-refractivity contribution in [3.8, 4) is 5.75 Å². The van der Waals surface area contributed by atoms with Crippen LogP contribution in [0.3, 0.4) is 0 Å². The third-order valence-corrected chi connectivity index (χ3v) is 3.93. The minimum Gasteiger partial charge on any atom is -0.483 e. The molecule has 0 unspecified atom stereocenters. The molecule has 0 saturated heterocycles. The first-order valence-electron chi connectivity index (χ1n) is 7.81. The molecule has 0 aliphatic heterocycles. The zero-order valence-corrected chi connectivity index (χ0v) is 15.4. The summed E-state index contributed by atoms with van der Waals surface area (Å²) in [7, 11) is 0. The van der Waals surface area contributed by atoms with Gasteiger partial charge in [-0.2, -0.15) is 0 Å². The van der Waals surface area contributed by atoms with E-state index in [-0.39, 0.29) is 6.61 Å². The van der Waals surface area contributed by atoms with Crippen molar-refractivity contribution in [3.05, 3.63) is 70.2 Å². The summed E-state index contributed by atoms with van der Waals surface area (Å²) in [5.41, 5.74) is 6.67. The fourth-order valence-electron chi connectivity index (χ4n) is 1.97. The van der Waals surface area contributed by atoms with Gasteiger partial charge in [-0.15, -0.1) is 0 Å². The molecular formula is C19H19BrN2O3. The molecule has 5 nitrogen and oxygen atoms in total. The van der Waals surface area contributed by atoms with Gasteiger partial charge in [0, 0.05) is 6.08 Å². The number of amides is 2. The highest BCUT2D eigenvalue weighted by atomic mass is 79.9. The van der Waals surface area contributed by atoms with E-state index in [0.717, 1.165) is 16.5 Å². The normalized spacial score (nSPS) is 10.5. The van der Waals surface area contributed by atoms with Crippen LogP contribution >= 0.6 is 15.9 Å². The lowest BCUT2D eigenvalue weighted by atomic mass is 10.2. The maximum Gasteiger partial charge on any atom is 0.276 e. The number of benzene rings is 2. The number of halogens is 1. The van der Waals surface area contributed by atoms with Gasteiger partial charge in [0.2, 0.25) is 0 Å². The largest absolute Gasteiger partial charge is 0.483 e. The smallest absolute Gasteiger partial charge is 0.276 e. The highest BCUT2D eigenvalue weighted by Gasteiger charge is 2.07. The first-order chi connectivity index (χ1) is 12.1. The molecule has 2 aromatic rings. The van der Waals surface area contributed by atoms with Gasteiger partial charge in [0.1, 0.15) is 5.75 Å². The summed E-state index contributed by atoms with van der Waals surface area (Å²) in [4.78, 5) is 23.4. The third-order valence-electron chi connectivity index (χ3n) is 3.32. The minimum absolute atomic E-state index is 0.202. The molecule has 0 bridgehead atoms. The number of hydrogen-bond acceptors (Lipinski definition) is 3. The van der Waals surface area contributed by atoms with Crippen LogP contribution in [0.15, 0.2) is 59.1 Å². The molecule has 0 spiro atoms. The van der Waals surface area contributed by atoms with Crippen LogP contribution in [0.1, 0.15) is 18.1 Å². The topological polar surface area (TPSA) is 67.4 Å². The van der Waals surface area contributed by atoms with E-state index in [1.54, 1.807) is 12.1 Å². The van der Waals surface area contributed by atoms with Gasteiger partial charge in [0.05, 0.1) is 4.47 Å². The molecule has 2 aromatic carbocycles. The molecule has 0 atom stereocenters. The predicted molar refractivity (Wildman–Crippen MR) is 101 cm³/mol. The number of ether oxygens (including phenoxy) is 1. The Balaban J connectivity index is 1.75. The maximum absolute atomic E-state index is 11.7. The van der Waals surface area contributed by atoms with E-state index in [4.69, 9.17) is 4.74 Å². The van der Waals surface area contributed by atoms with Gasteiger partial charge in [0.25, 0.3) is 11.8 Å². The van der Waals surface area contributed by atoms with E-state index in [0.29, 0.717) is 5.75 Å². The first-order valence-corrected chi connectivity index (χ1v) is 8.61. The van der Waals surface area contributed by atoms with E-state index in [9.17, 15) is 9.59 Å². The van der Waals surface area contributed by atoms with Crippen molar-refractivity contribution in [2.75, 3.05) is 6.61 Å². The van der Waals surface area contributed by atoms with Gasteiger partial charge in [-0.05, 0) is 51.7 Å². The Kier molecular flexibility index (Phi) is 7.22. The zero-order chi connectivity index (χ0) is 18.1. The molecule has 2 N–H and O–H groups in total. The van der Waals surface area contributed by atoms with Crippen molar-refractivity contribution in [3.63, 3.8) is 0 Å². The maximum atomic E-state index is 11.7. The van der Waals surface area contributed by atoms with Crippen molar-refractivity contribution in [2.24, 2.45) is 0 Å². The van der Waals surface area contributed by atoms with E-state index in [1.807, 2.05) is 42.5 Å². The molecule has 25 heavy (non-hydrogen) atoms. The quantitative estimate of drug-likeness (QED) is 0.575. The van der Waals surface area contributed by atoms with Crippen molar-refractivity contribution in [2.45, 2.75) is 13.3 Å². The lowest BCUT2D eigenvalue weighted by molar-refractivity contribution is -0.128. The number of hydrazine groups is 1. The zero-order valence-electron chi connectivity index (χ0n) is 13.8. The van der Waals surface area contributed by atoms with Crippen molar-refractivity contribution in [1.82, 2.24) is 10.9 Å². The Morgan fingerprint density at radius 1 is 1.12 bits per heavy atom. The van der Waals surface area contributed by atoms with E-state index in [1.165, 1.54) is 11.6 Å². The molecule has 0 fully saturated rings. The second kappa shape index (κ2) is 9.64. The number of carbonyl (C=O) groups is 2. The standard InChI is InChI=1S/C19H19BrN2O3/c1-2-14-8-10-17(16(20)12-14)25-13-19(24)22-21-18(23)11-9-15-6-4-3-5-7-15/h3-12H,2,13H2,1H3,(H,21,23)(H,22,24)/b11-9+. The van der Waals surface area contributed by atoms with Crippen LogP contribution in [-0.4, -0.2) is 18.4 Å². The Hall–Kier alpha value is -2.60. The van der Waals surface area contributed by atoms with Gasteiger partial charge in [0.15, 0.2) is 6.61 Å². The van der Waals surface area contributed by atoms with Crippen molar-refractivity contribution < 1.29 is 14.3 Å². The molecule has 0 saturated carbocycles. The minimum atomic E-state index is -0.451. The second-order valence-corrected chi connectivity index (χ2v) is 6.04. The van der Waals surface area contributed by atoms with Crippen molar-refractivity contribution >= 4 is 33.8 Å². The van der Waals surface area contributed by atoms with Crippen LogP contribution in [0.25, 0.3) is 6.08 Å². The Bertz CT molecular complexity index is 761. The Morgan fingerprint density at radius 3 is 2.56 bits per heavy atom. The van der Waals surface area contributed by atoms with Crippen LogP contribution in [0.5, 0.6) is 5.75 Å². The molecule has 130 valence electrons. The van der Waals surface area contributed by atoms with Crippen LogP contribution in [0.4, 0.5) is 0 Å². The first kappa shape index (κ1) is 18.7. The Labute approximate surface area is 155 Å². The molecule has 0 aliphatic rings. The summed E-state index contributed by atoms with van der Waals surface area (Å²) in [6.45, 7) is 1.86.